The summed E-state index contributed by atoms with van der Waals surface area (Å²) in [5, 5.41) is 6.99. The van der Waals surface area contributed by atoms with Crippen molar-refractivity contribution in [3.8, 4) is 10.8 Å². The van der Waals surface area contributed by atoms with Gasteiger partial charge in [-0.3, -0.25) is 9.59 Å². The summed E-state index contributed by atoms with van der Waals surface area (Å²) in [4.78, 5) is 29.9. The molecule has 0 aliphatic heterocycles. The van der Waals surface area contributed by atoms with Crippen LogP contribution < -0.4 is 10.6 Å². The number of para-hydroxylation sites is 1. The van der Waals surface area contributed by atoms with Gasteiger partial charge < -0.3 is 19.5 Å². The van der Waals surface area contributed by atoms with Crippen LogP contribution in [0.15, 0.2) is 69.7 Å². The Morgan fingerprint density at radius 1 is 1.03 bits per heavy atom. The van der Waals surface area contributed by atoms with Crippen LogP contribution in [-0.2, 0) is 6.54 Å². The van der Waals surface area contributed by atoms with E-state index in [1.54, 1.807) is 29.5 Å². The molecular weight excluding hydrogens is 446 g/mol. The first-order chi connectivity index (χ1) is 15.6. The molecule has 32 heavy (non-hydrogen) atoms. The Hall–Kier alpha value is -3.69. The number of hydrogen-bond donors (Lipinski definition) is 2. The second kappa shape index (κ2) is 8.45. The number of anilines is 1. The van der Waals surface area contributed by atoms with Crippen LogP contribution in [-0.4, -0.2) is 16.8 Å². The molecular formula is C23H17N3O4S2. The third-order valence-electron chi connectivity index (χ3n) is 4.70. The lowest BCUT2D eigenvalue weighted by Gasteiger charge is -2.02. The molecule has 0 bridgehead atoms. The van der Waals surface area contributed by atoms with Crippen LogP contribution in [0.5, 0.6) is 0 Å². The molecule has 0 radical (unpaired) electrons. The van der Waals surface area contributed by atoms with Gasteiger partial charge in [-0.25, -0.2) is 4.98 Å². The van der Waals surface area contributed by atoms with E-state index < -0.39 is 0 Å². The molecule has 0 unspecified atom stereocenters. The van der Waals surface area contributed by atoms with Crippen LogP contribution in [0.2, 0.25) is 0 Å². The highest BCUT2D eigenvalue weighted by molar-refractivity contribution is 7.21. The minimum atomic E-state index is -0.360. The first-order valence-corrected chi connectivity index (χ1v) is 11.4. The zero-order chi connectivity index (χ0) is 22.1. The number of nitrogens with one attached hydrogen (secondary N) is 2. The maximum Gasteiger partial charge on any atom is 0.291 e. The molecule has 2 amide bonds. The van der Waals surface area contributed by atoms with Gasteiger partial charge in [0.2, 0.25) is 0 Å². The van der Waals surface area contributed by atoms with Crippen LogP contribution in [0.4, 0.5) is 5.00 Å². The molecule has 4 heterocycles. The van der Waals surface area contributed by atoms with Gasteiger partial charge in [0, 0.05) is 0 Å². The molecule has 5 rings (SSSR count). The van der Waals surface area contributed by atoms with Crippen molar-refractivity contribution in [2.75, 3.05) is 5.32 Å². The van der Waals surface area contributed by atoms with Crippen molar-refractivity contribution in [2.24, 2.45) is 0 Å². The Bertz CT molecular complexity index is 1380. The first-order valence-electron chi connectivity index (χ1n) is 9.75. The zero-order valence-corrected chi connectivity index (χ0v) is 18.5. The number of nitrogens with zero attached hydrogens (tertiary/aromatic N) is 1. The number of benzene rings is 1. The van der Waals surface area contributed by atoms with Gasteiger partial charge in [-0.1, -0.05) is 12.1 Å². The van der Waals surface area contributed by atoms with Crippen molar-refractivity contribution < 1.29 is 18.4 Å². The van der Waals surface area contributed by atoms with E-state index in [-0.39, 0.29) is 24.1 Å². The van der Waals surface area contributed by atoms with E-state index in [1.165, 1.54) is 17.6 Å². The monoisotopic (exact) mass is 463 g/mol. The number of carbonyl (C=O) groups is 2. The molecule has 2 N–H and O–H groups in total. The van der Waals surface area contributed by atoms with E-state index in [2.05, 4.69) is 15.6 Å². The van der Waals surface area contributed by atoms with E-state index in [4.69, 9.17) is 8.83 Å². The highest BCUT2D eigenvalue weighted by Gasteiger charge is 2.17. The summed E-state index contributed by atoms with van der Waals surface area (Å²) in [6, 6.07) is 16.6. The number of aryl methyl sites for hydroxylation is 1. The van der Waals surface area contributed by atoms with Crippen LogP contribution in [0, 0.1) is 6.92 Å². The van der Waals surface area contributed by atoms with Gasteiger partial charge in [-0.15, -0.1) is 22.7 Å². The molecule has 0 aliphatic carbocycles. The number of carbonyl (C=O) groups excluding carboxylic acids is 2. The fourth-order valence-electron chi connectivity index (χ4n) is 3.16. The molecule has 4 aromatic heterocycles. The molecule has 0 spiro atoms. The SMILES string of the molecule is Cc1cc(NC(=O)c2ccco2)sc1C(=O)NCc1ccc(-c2nc3ccccc3s2)o1. The standard InChI is InChI=1S/C23H17N3O4S2/c1-13-11-19(26-21(27)16-6-4-10-29-16)32-20(13)22(28)24-12-14-8-9-17(30-14)23-25-15-5-2-3-7-18(15)31-23/h2-11H,12H2,1H3,(H,24,28)(H,26,27). The van der Waals surface area contributed by atoms with Gasteiger partial charge in [-0.05, 0) is 55.0 Å². The molecule has 0 fully saturated rings. The summed E-state index contributed by atoms with van der Waals surface area (Å²) < 4.78 is 12.1. The normalized spacial score (nSPS) is 11.0. The minimum Gasteiger partial charge on any atom is -0.459 e. The van der Waals surface area contributed by atoms with Gasteiger partial charge in [0.1, 0.15) is 5.76 Å². The van der Waals surface area contributed by atoms with Crippen LogP contribution in [0.3, 0.4) is 0 Å². The fourth-order valence-corrected chi connectivity index (χ4v) is 5.08. The van der Waals surface area contributed by atoms with Crippen LogP contribution >= 0.6 is 22.7 Å². The molecule has 1 aromatic carbocycles. The number of amides is 2. The molecule has 0 saturated carbocycles. The summed E-state index contributed by atoms with van der Waals surface area (Å²) in [6.45, 7) is 2.07. The first kappa shape index (κ1) is 20.2. The molecule has 160 valence electrons. The zero-order valence-electron chi connectivity index (χ0n) is 16.9. The minimum absolute atomic E-state index is 0.212. The van der Waals surface area contributed by atoms with Gasteiger partial charge in [0.25, 0.3) is 11.8 Å². The molecule has 0 saturated heterocycles. The lowest BCUT2D eigenvalue weighted by molar-refractivity contribution is 0.0950. The summed E-state index contributed by atoms with van der Waals surface area (Å²) in [7, 11) is 0. The second-order valence-corrected chi connectivity index (χ2v) is 9.07. The summed E-state index contributed by atoms with van der Waals surface area (Å²) in [5.41, 5.74) is 1.71. The maximum atomic E-state index is 12.7. The number of thiophene rings is 1. The predicted octanol–water partition coefficient (Wildman–Crippen LogP) is 5.70. The number of thiazole rings is 1. The van der Waals surface area contributed by atoms with Crippen molar-refractivity contribution in [1.29, 1.82) is 0 Å². The number of fused-ring (bicyclic) bond motifs is 1. The van der Waals surface area contributed by atoms with E-state index in [9.17, 15) is 9.59 Å². The third kappa shape index (κ3) is 4.08. The van der Waals surface area contributed by atoms with E-state index in [0.717, 1.165) is 20.8 Å². The fraction of sp³-hybridized carbons (Fsp3) is 0.0870. The Labute approximate surface area is 190 Å². The number of furan rings is 2. The largest absolute Gasteiger partial charge is 0.459 e. The Morgan fingerprint density at radius 3 is 2.72 bits per heavy atom. The Kier molecular flexibility index (Phi) is 5.34. The van der Waals surface area contributed by atoms with E-state index in [0.29, 0.717) is 21.4 Å². The van der Waals surface area contributed by atoms with E-state index in [1.807, 2.05) is 43.3 Å². The molecule has 0 aliphatic rings. The van der Waals surface area contributed by atoms with Crippen molar-refractivity contribution in [1.82, 2.24) is 10.3 Å². The second-order valence-electron chi connectivity index (χ2n) is 6.99. The van der Waals surface area contributed by atoms with Crippen molar-refractivity contribution in [3.63, 3.8) is 0 Å². The third-order valence-corrected chi connectivity index (χ3v) is 6.90. The quantitative estimate of drug-likeness (QED) is 0.337. The number of rotatable bonds is 6. The average Bonchev–Trinajstić information content (AvgIpc) is 3.58. The maximum absolute atomic E-state index is 12.7. The topological polar surface area (TPSA) is 97.4 Å². The van der Waals surface area contributed by atoms with E-state index >= 15 is 0 Å². The van der Waals surface area contributed by atoms with Gasteiger partial charge in [0.05, 0.1) is 32.9 Å². The lowest BCUT2D eigenvalue weighted by atomic mass is 10.2. The summed E-state index contributed by atoms with van der Waals surface area (Å²) in [5.74, 6) is 0.924. The smallest absolute Gasteiger partial charge is 0.291 e. The van der Waals surface area contributed by atoms with Gasteiger partial charge in [0.15, 0.2) is 16.5 Å². The molecule has 5 aromatic rings. The summed E-state index contributed by atoms with van der Waals surface area (Å²) in [6.07, 6.45) is 1.43. The highest BCUT2D eigenvalue weighted by Crippen LogP contribution is 2.31. The summed E-state index contributed by atoms with van der Waals surface area (Å²) >= 11 is 2.77. The lowest BCUT2D eigenvalue weighted by Crippen LogP contribution is -2.22. The number of hydrogen-bond acceptors (Lipinski definition) is 7. The number of aromatic nitrogens is 1. The molecule has 0 atom stereocenters. The molecule has 7 nitrogen and oxygen atoms in total. The molecule has 9 heteroatoms. The Balaban J connectivity index is 1.23. The van der Waals surface area contributed by atoms with Crippen molar-refractivity contribution in [2.45, 2.75) is 13.5 Å². The van der Waals surface area contributed by atoms with Crippen LogP contribution in [0.25, 0.3) is 21.0 Å². The van der Waals surface area contributed by atoms with Crippen LogP contribution in [0.1, 0.15) is 31.6 Å². The van der Waals surface area contributed by atoms with Gasteiger partial charge in [-0.2, -0.15) is 0 Å². The van der Waals surface area contributed by atoms with Crippen molar-refractivity contribution >= 4 is 49.7 Å². The average molecular weight is 464 g/mol. The Morgan fingerprint density at radius 2 is 1.91 bits per heavy atom. The van der Waals surface area contributed by atoms with Crippen molar-refractivity contribution in [3.05, 3.63) is 82.8 Å². The highest BCUT2D eigenvalue weighted by atomic mass is 32.1. The van der Waals surface area contributed by atoms with Gasteiger partial charge >= 0.3 is 0 Å². The predicted molar refractivity (Wildman–Crippen MR) is 124 cm³/mol.